The summed E-state index contributed by atoms with van der Waals surface area (Å²) in [6.07, 6.45) is -3.03. The molecule has 0 atom stereocenters. The van der Waals surface area contributed by atoms with E-state index in [2.05, 4.69) is 16.1 Å². The fraction of sp³-hybridized carbons (Fsp3) is 0.200. The van der Waals surface area contributed by atoms with Gasteiger partial charge in [0.1, 0.15) is 17.6 Å². The lowest BCUT2D eigenvalue weighted by molar-refractivity contribution is -0.274. The lowest BCUT2D eigenvalue weighted by Crippen LogP contribution is -2.16. The summed E-state index contributed by atoms with van der Waals surface area (Å²) in [6, 6.07) is 8.97. The Kier molecular flexibility index (Phi) is 5.37. The highest BCUT2D eigenvalue weighted by Gasteiger charge is 2.31. The maximum atomic E-state index is 12.4. The van der Waals surface area contributed by atoms with E-state index in [4.69, 9.17) is 9.84 Å². The Hall–Kier alpha value is -3.67. The fourth-order valence-electron chi connectivity index (χ4n) is 2.92. The van der Waals surface area contributed by atoms with E-state index in [9.17, 15) is 23.2 Å². The molecule has 150 valence electrons. The van der Waals surface area contributed by atoms with E-state index in [-0.39, 0.29) is 11.3 Å². The molecule has 0 fully saturated rings. The zero-order valence-corrected chi connectivity index (χ0v) is 15.1. The third-order valence-electron chi connectivity index (χ3n) is 4.27. The first-order valence-electron chi connectivity index (χ1n) is 8.45. The predicted molar refractivity (Wildman–Crippen MR) is 97.5 cm³/mol. The Morgan fingerprint density at radius 2 is 2.03 bits per heavy atom. The molecule has 1 aliphatic heterocycles. The summed E-state index contributed by atoms with van der Waals surface area (Å²) in [5, 5.41) is 21.4. The lowest BCUT2D eigenvalue weighted by atomic mass is 9.95. The van der Waals surface area contributed by atoms with Gasteiger partial charge in [0, 0.05) is 29.3 Å². The Balaban J connectivity index is 2.04. The molecule has 0 aliphatic carbocycles. The monoisotopic (exact) mass is 404 g/mol. The number of aliphatic carboxylic acids is 1. The summed E-state index contributed by atoms with van der Waals surface area (Å²) in [4.78, 5) is 11.0. The second-order valence-corrected chi connectivity index (χ2v) is 6.21. The van der Waals surface area contributed by atoms with Crippen LogP contribution in [0.2, 0.25) is 0 Å². The molecule has 2 aromatic rings. The van der Waals surface area contributed by atoms with Gasteiger partial charge in [0.15, 0.2) is 0 Å². The fourth-order valence-corrected chi connectivity index (χ4v) is 2.92. The zero-order chi connectivity index (χ0) is 21.2. The number of fused-ring (bicyclic) bond motifs is 1. The molecule has 0 saturated heterocycles. The molecule has 2 N–H and O–H groups in total. The van der Waals surface area contributed by atoms with E-state index in [1.54, 1.807) is 6.07 Å². The highest BCUT2D eigenvalue weighted by Crippen LogP contribution is 2.42. The molecule has 0 saturated carbocycles. The minimum atomic E-state index is -4.79. The van der Waals surface area contributed by atoms with Gasteiger partial charge in [0.25, 0.3) is 0 Å². The van der Waals surface area contributed by atoms with Crippen LogP contribution in [0.5, 0.6) is 11.5 Å². The summed E-state index contributed by atoms with van der Waals surface area (Å²) in [5.41, 5.74) is 2.53. The van der Waals surface area contributed by atoms with Gasteiger partial charge in [-0.1, -0.05) is 12.1 Å². The van der Waals surface area contributed by atoms with Crippen LogP contribution in [0, 0.1) is 11.3 Å². The van der Waals surface area contributed by atoms with Gasteiger partial charge < -0.3 is 19.9 Å². The molecule has 1 heterocycles. The van der Waals surface area contributed by atoms with Gasteiger partial charge in [-0.2, -0.15) is 5.26 Å². The molecule has 0 amide bonds. The van der Waals surface area contributed by atoms with Crippen molar-refractivity contribution in [2.24, 2.45) is 0 Å². The quantitative estimate of drug-likeness (QED) is 0.715. The summed E-state index contributed by atoms with van der Waals surface area (Å²) < 4.78 is 46.6. The van der Waals surface area contributed by atoms with Crippen molar-refractivity contribution >= 4 is 11.7 Å². The number of hydrogen-bond donors (Lipinski definition) is 2. The van der Waals surface area contributed by atoms with Gasteiger partial charge in [-0.3, -0.25) is 0 Å². The van der Waals surface area contributed by atoms with Crippen molar-refractivity contribution in [2.75, 3.05) is 11.9 Å². The molecular weight excluding hydrogens is 389 g/mol. The summed E-state index contributed by atoms with van der Waals surface area (Å²) in [5.74, 6) is -0.984. The number of alkyl halides is 3. The number of ether oxygens (including phenoxy) is 2. The van der Waals surface area contributed by atoms with E-state index >= 15 is 0 Å². The van der Waals surface area contributed by atoms with Crippen LogP contribution in [-0.2, 0) is 11.2 Å². The highest BCUT2D eigenvalue weighted by atomic mass is 19.4. The number of anilines is 1. The summed E-state index contributed by atoms with van der Waals surface area (Å²) in [7, 11) is 0. The van der Waals surface area contributed by atoms with Crippen molar-refractivity contribution in [3.8, 4) is 28.7 Å². The first-order chi connectivity index (χ1) is 13.7. The van der Waals surface area contributed by atoms with Gasteiger partial charge in [0.2, 0.25) is 0 Å². The number of hydrogen-bond acceptors (Lipinski definition) is 5. The van der Waals surface area contributed by atoms with Gasteiger partial charge >= 0.3 is 12.3 Å². The number of benzene rings is 2. The average Bonchev–Trinajstić information content (AvgIpc) is 3.14. The largest absolute Gasteiger partial charge is 0.573 e. The number of carbonyl (C=O) groups is 1. The third-order valence-corrected chi connectivity index (χ3v) is 4.27. The SMILES string of the molecule is CC(=CNc1cc(-c2ccc(OC(F)(F)F)cc2)c2c(c1C#N)CCO2)C(=O)O. The molecule has 9 heteroatoms. The smallest absolute Gasteiger partial charge is 0.492 e. The number of halogens is 3. The molecule has 3 rings (SSSR count). The van der Waals surface area contributed by atoms with Crippen molar-refractivity contribution in [1.29, 1.82) is 5.26 Å². The van der Waals surface area contributed by atoms with Gasteiger partial charge in [-0.25, -0.2) is 4.79 Å². The van der Waals surface area contributed by atoms with Crippen LogP contribution in [0.1, 0.15) is 18.1 Å². The van der Waals surface area contributed by atoms with Crippen LogP contribution in [0.15, 0.2) is 42.1 Å². The Morgan fingerprint density at radius 1 is 1.34 bits per heavy atom. The minimum absolute atomic E-state index is 0.0424. The maximum Gasteiger partial charge on any atom is 0.573 e. The molecule has 2 aromatic carbocycles. The Labute approximate surface area is 163 Å². The van der Waals surface area contributed by atoms with Gasteiger partial charge in [-0.15, -0.1) is 13.2 Å². The predicted octanol–water partition coefficient (Wildman–Crippen LogP) is 4.46. The van der Waals surface area contributed by atoms with E-state index < -0.39 is 12.3 Å². The molecule has 0 bridgehead atoms. The topological polar surface area (TPSA) is 91.6 Å². The third kappa shape index (κ3) is 4.43. The lowest BCUT2D eigenvalue weighted by Gasteiger charge is -2.15. The second kappa shape index (κ2) is 7.75. The molecule has 0 aromatic heterocycles. The van der Waals surface area contributed by atoms with Crippen molar-refractivity contribution in [3.63, 3.8) is 0 Å². The van der Waals surface area contributed by atoms with E-state index in [0.29, 0.717) is 46.7 Å². The molecular formula is C20H15F3N2O4. The first kappa shape index (κ1) is 20.1. The van der Waals surface area contributed by atoms with Crippen molar-refractivity contribution in [2.45, 2.75) is 19.7 Å². The van der Waals surface area contributed by atoms with Gasteiger partial charge in [0.05, 0.1) is 17.9 Å². The zero-order valence-electron chi connectivity index (χ0n) is 15.1. The van der Waals surface area contributed by atoms with E-state index in [0.717, 1.165) is 0 Å². The van der Waals surface area contributed by atoms with Crippen LogP contribution < -0.4 is 14.8 Å². The molecule has 0 unspecified atom stereocenters. The van der Waals surface area contributed by atoms with Crippen molar-refractivity contribution in [3.05, 3.63) is 53.2 Å². The normalized spacial score (nSPS) is 13.3. The molecule has 1 aliphatic rings. The van der Waals surface area contributed by atoms with Crippen LogP contribution >= 0.6 is 0 Å². The minimum Gasteiger partial charge on any atom is -0.492 e. The molecule has 29 heavy (non-hydrogen) atoms. The number of rotatable bonds is 5. The Bertz CT molecular complexity index is 1020. The average molecular weight is 404 g/mol. The number of carboxylic acid groups (broad SMARTS) is 1. The van der Waals surface area contributed by atoms with Gasteiger partial charge in [-0.05, 0) is 30.7 Å². The molecule has 0 spiro atoms. The molecule has 6 nitrogen and oxygen atoms in total. The van der Waals surface area contributed by atoms with Crippen molar-refractivity contribution in [1.82, 2.24) is 0 Å². The molecule has 0 radical (unpaired) electrons. The first-order valence-corrected chi connectivity index (χ1v) is 8.45. The standard InChI is InChI=1S/C20H15F3N2O4/c1-11(19(26)27)10-25-17-8-15(18-14(6-7-28-18)16(17)9-24)12-2-4-13(5-3-12)29-20(21,22)23/h2-5,8,10,25H,6-7H2,1H3,(H,26,27). The number of nitriles is 1. The van der Waals surface area contributed by atoms with Crippen molar-refractivity contribution < 1.29 is 32.5 Å². The van der Waals surface area contributed by atoms with Crippen LogP contribution in [0.4, 0.5) is 18.9 Å². The summed E-state index contributed by atoms with van der Waals surface area (Å²) in [6.45, 7) is 1.76. The van der Waals surface area contributed by atoms with E-state index in [1.165, 1.54) is 37.4 Å². The van der Waals surface area contributed by atoms with Crippen LogP contribution in [0.25, 0.3) is 11.1 Å². The van der Waals surface area contributed by atoms with Crippen LogP contribution in [0.3, 0.4) is 0 Å². The highest BCUT2D eigenvalue weighted by molar-refractivity contribution is 5.87. The Morgan fingerprint density at radius 3 is 2.62 bits per heavy atom. The number of nitrogens with one attached hydrogen (secondary N) is 1. The number of nitrogens with zero attached hydrogens (tertiary/aromatic N) is 1. The summed E-state index contributed by atoms with van der Waals surface area (Å²) >= 11 is 0. The van der Waals surface area contributed by atoms with E-state index in [1.807, 2.05) is 0 Å². The van der Waals surface area contributed by atoms with Crippen LogP contribution in [-0.4, -0.2) is 24.0 Å². The maximum absolute atomic E-state index is 12.4. The number of carboxylic acids is 1. The second-order valence-electron chi connectivity index (χ2n) is 6.21.